The molecule has 2 aliphatic rings. The summed E-state index contributed by atoms with van der Waals surface area (Å²) in [5.41, 5.74) is 4.54. The summed E-state index contributed by atoms with van der Waals surface area (Å²) in [4.78, 5) is 20.3. The van der Waals surface area contributed by atoms with Crippen LogP contribution in [0.25, 0.3) is 0 Å². The van der Waals surface area contributed by atoms with Gasteiger partial charge in [0.1, 0.15) is 5.75 Å². The molecule has 6 heteroatoms. The van der Waals surface area contributed by atoms with E-state index in [2.05, 4.69) is 45.9 Å². The third kappa shape index (κ3) is 6.06. The number of amides is 1. The van der Waals surface area contributed by atoms with Crippen LogP contribution in [0.5, 0.6) is 5.75 Å². The molecule has 0 unspecified atom stereocenters. The Kier molecular flexibility index (Phi) is 8.24. The van der Waals surface area contributed by atoms with Crippen LogP contribution in [0.3, 0.4) is 0 Å². The molecule has 0 spiro atoms. The Morgan fingerprint density at radius 1 is 1.03 bits per heavy atom. The van der Waals surface area contributed by atoms with Gasteiger partial charge in [-0.25, -0.2) is 0 Å². The van der Waals surface area contributed by atoms with Crippen LogP contribution in [0.4, 0.5) is 5.69 Å². The molecule has 0 atom stereocenters. The molecule has 2 aromatic carbocycles. The van der Waals surface area contributed by atoms with Crippen molar-refractivity contribution in [2.75, 3.05) is 64.4 Å². The van der Waals surface area contributed by atoms with Crippen molar-refractivity contribution in [1.29, 1.82) is 0 Å². The van der Waals surface area contributed by atoms with Gasteiger partial charge in [0.25, 0.3) is 5.91 Å². The standard InChI is InChI=1S/C27H37N3O3/c1-3-4-12-30(27(31)23-5-6-24-21-33-19-11-22(24)20-23)18-15-28-13-16-29(17-14-28)25-7-9-26(32-2)10-8-25/h5-10,20H,3-4,11-19,21H2,1-2H3. The number of anilines is 1. The first kappa shape index (κ1) is 23.6. The molecule has 0 bridgehead atoms. The topological polar surface area (TPSA) is 45.2 Å². The summed E-state index contributed by atoms with van der Waals surface area (Å²) in [5.74, 6) is 1.05. The number of carbonyl (C=O) groups is 1. The maximum Gasteiger partial charge on any atom is 0.253 e. The van der Waals surface area contributed by atoms with Gasteiger partial charge in [0.2, 0.25) is 0 Å². The predicted octanol–water partition coefficient (Wildman–Crippen LogP) is 3.83. The third-order valence-corrected chi connectivity index (χ3v) is 6.79. The highest BCUT2D eigenvalue weighted by molar-refractivity contribution is 5.94. The number of piperazine rings is 1. The first-order valence-electron chi connectivity index (χ1n) is 12.3. The summed E-state index contributed by atoms with van der Waals surface area (Å²) in [7, 11) is 1.70. The maximum atomic E-state index is 13.4. The molecular weight excluding hydrogens is 414 g/mol. The van der Waals surface area contributed by atoms with Crippen LogP contribution in [0, 0.1) is 0 Å². The fraction of sp³-hybridized carbons (Fsp3) is 0.519. The number of rotatable bonds is 9. The lowest BCUT2D eigenvalue weighted by atomic mass is 9.99. The first-order valence-corrected chi connectivity index (χ1v) is 12.3. The molecular formula is C27H37N3O3. The zero-order chi connectivity index (χ0) is 23.0. The number of benzene rings is 2. The second kappa shape index (κ2) is 11.5. The number of carbonyl (C=O) groups excluding carboxylic acids is 1. The minimum atomic E-state index is 0.162. The molecule has 1 fully saturated rings. The van der Waals surface area contributed by atoms with Gasteiger partial charge in [-0.3, -0.25) is 9.69 Å². The lowest BCUT2D eigenvalue weighted by molar-refractivity contribution is 0.0729. The van der Waals surface area contributed by atoms with Crippen LogP contribution >= 0.6 is 0 Å². The average Bonchev–Trinajstić information content (AvgIpc) is 2.88. The molecule has 6 nitrogen and oxygen atoms in total. The van der Waals surface area contributed by atoms with E-state index in [9.17, 15) is 4.79 Å². The third-order valence-electron chi connectivity index (χ3n) is 6.79. The largest absolute Gasteiger partial charge is 0.497 e. The van der Waals surface area contributed by atoms with Gasteiger partial charge in [0.15, 0.2) is 0 Å². The molecule has 0 saturated carbocycles. The lowest BCUT2D eigenvalue weighted by Gasteiger charge is -2.37. The SMILES string of the molecule is CCCCN(CCN1CCN(c2ccc(OC)cc2)CC1)C(=O)c1ccc2c(c1)CCOC2. The van der Waals surface area contributed by atoms with Crippen molar-refractivity contribution < 1.29 is 14.3 Å². The van der Waals surface area contributed by atoms with Crippen molar-refractivity contribution in [2.45, 2.75) is 32.8 Å². The van der Waals surface area contributed by atoms with E-state index in [1.54, 1.807) is 7.11 Å². The fourth-order valence-corrected chi connectivity index (χ4v) is 4.63. The van der Waals surface area contributed by atoms with E-state index in [0.29, 0.717) is 6.61 Å². The molecule has 2 heterocycles. The second-order valence-corrected chi connectivity index (χ2v) is 8.96. The van der Waals surface area contributed by atoms with Gasteiger partial charge in [-0.15, -0.1) is 0 Å². The summed E-state index contributed by atoms with van der Waals surface area (Å²) in [6.45, 7) is 10.1. The monoisotopic (exact) mass is 451 g/mol. The van der Waals surface area contributed by atoms with Crippen molar-refractivity contribution >= 4 is 11.6 Å². The summed E-state index contributed by atoms with van der Waals surface area (Å²) >= 11 is 0. The number of hydrogen-bond donors (Lipinski definition) is 0. The van der Waals surface area contributed by atoms with Gasteiger partial charge in [-0.1, -0.05) is 19.4 Å². The Bertz CT molecular complexity index is 907. The Hall–Kier alpha value is -2.57. The summed E-state index contributed by atoms with van der Waals surface area (Å²) in [6.07, 6.45) is 3.02. The van der Waals surface area contributed by atoms with Crippen molar-refractivity contribution in [2.24, 2.45) is 0 Å². The molecule has 2 aromatic rings. The smallest absolute Gasteiger partial charge is 0.253 e. The lowest BCUT2D eigenvalue weighted by Crippen LogP contribution is -2.49. The highest BCUT2D eigenvalue weighted by Gasteiger charge is 2.21. The van der Waals surface area contributed by atoms with Gasteiger partial charge < -0.3 is 19.3 Å². The molecule has 0 aliphatic carbocycles. The van der Waals surface area contributed by atoms with E-state index in [0.717, 1.165) is 83.0 Å². The van der Waals surface area contributed by atoms with Crippen molar-refractivity contribution in [1.82, 2.24) is 9.80 Å². The van der Waals surface area contributed by atoms with Gasteiger partial charge in [-0.2, -0.15) is 0 Å². The van der Waals surface area contributed by atoms with E-state index in [1.807, 2.05) is 18.2 Å². The summed E-state index contributed by atoms with van der Waals surface area (Å²) < 4.78 is 10.8. The van der Waals surface area contributed by atoms with Crippen LogP contribution in [0.15, 0.2) is 42.5 Å². The van der Waals surface area contributed by atoms with E-state index < -0.39 is 0 Å². The zero-order valence-corrected chi connectivity index (χ0v) is 20.1. The Balaban J connectivity index is 1.32. The highest BCUT2D eigenvalue weighted by Crippen LogP contribution is 2.21. The van der Waals surface area contributed by atoms with Crippen LogP contribution in [-0.4, -0.2) is 75.2 Å². The second-order valence-electron chi connectivity index (χ2n) is 8.96. The van der Waals surface area contributed by atoms with Gasteiger partial charge >= 0.3 is 0 Å². The Labute approximate surface area is 198 Å². The molecule has 4 rings (SSSR count). The molecule has 0 radical (unpaired) electrons. The van der Waals surface area contributed by atoms with E-state index in [4.69, 9.17) is 9.47 Å². The average molecular weight is 452 g/mol. The number of unbranched alkanes of at least 4 members (excludes halogenated alkanes) is 1. The van der Waals surface area contributed by atoms with Gasteiger partial charge in [-0.05, 0) is 60.4 Å². The molecule has 1 saturated heterocycles. The first-order chi connectivity index (χ1) is 16.2. The predicted molar refractivity (Wildman–Crippen MR) is 132 cm³/mol. The number of fused-ring (bicyclic) bond motifs is 1. The van der Waals surface area contributed by atoms with Crippen molar-refractivity contribution in [3.05, 3.63) is 59.2 Å². The number of ether oxygens (including phenoxy) is 2. The molecule has 178 valence electrons. The van der Waals surface area contributed by atoms with E-state index >= 15 is 0 Å². The van der Waals surface area contributed by atoms with Crippen LogP contribution in [0.2, 0.25) is 0 Å². The zero-order valence-electron chi connectivity index (χ0n) is 20.1. The van der Waals surface area contributed by atoms with Crippen LogP contribution in [-0.2, 0) is 17.8 Å². The van der Waals surface area contributed by atoms with Crippen LogP contribution in [0.1, 0.15) is 41.3 Å². The molecule has 0 N–H and O–H groups in total. The number of hydrogen-bond acceptors (Lipinski definition) is 5. The van der Waals surface area contributed by atoms with Gasteiger partial charge in [0, 0.05) is 57.1 Å². The maximum absolute atomic E-state index is 13.4. The van der Waals surface area contributed by atoms with E-state index in [-0.39, 0.29) is 5.91 Å². The summed E-state index contributed by atoms with van der Waals surface area (Å²) in [6, 6.07) is 14.4. The van der Waals surface area contributed by atoms with Crippen molar-refractivity contribution in [3.8, 4) is 5.75 Å². The fourth-order valence-electron chi connectivity index (χ4n) is 4.63. The number of methoxy groups -OCH3 is 1. The van der Waals surface area contributed by atoms with Gasteiger partial charge in [0.05, 0.1) is 20.3 Å². The Morgan fingerprint density at radius 2 is 1.82 bits per heavy atom. The molecule has 0 aromatic heterocycles. The molecule has 1 amide bonds. The Morgan fingerprint density at radius 3 is 2.55 bits per heavy atom. The van der Waals surface area contributed by atoms with E-state index in [1.165, 1.54) is 16.8 Å². The minimum absolute atomic E-state index is 0.162. The number of nitrogens with zero attached hydrogens (tertiary/aromatic N) is 3. The minimum Gasteiger partial charge on any atom is -0.497 e. The quantitative estimate of drug-likeness (QED) is 0.580. The molecule has 2 aliphatic heterocycles. The van der Waals surface area contributed by atoms with Crippen molar-refractivity contribution in [3.63, 3.8) is 0 Å². The summed E-state index contributed by atoms with van der Waals surface area (Å²) in [5, 5.41) is 0. The highest BCUT2D eigenvalue weighted by atomic mass is 16.5. The normalized spacial score (nSPS) is 16.4. The molecule has 33 heavy (non-hydrogen) atoms. The van der Waals surface area contributed by atoms with Crippen LogP contribution < -0.4 is 9.64 Å².